The SMILES string of the molecule is Cc1ccoc1C(=O)Nc1cc(I)cc(C(=O)O)c1. The molecule has 19 heavy (non-hydrogen) atoms. The Balaban J connectivity index is 2.26. The molecule has 0 spiro atoms. The molecule has 1 aromatic carbocycles. The zero-order valence-corrected chi connectivity index (χ0v) is 12.1. The van der Waals surface area contributed by atoms with E-state index in [9.17, 15) is 9.59 Å². The van der Waals surface area contributed by atoms with Crippen molar-refractivity contribution < 1.29 is 19.1 Å². The molecule has 0 aliphatic rings. The number of aromatic carboxylic acids is 1. The summed E-state index contributed by atoms with van der Waals surface area (Å²) in [5, 5.41) is 11.6. The smallest absolute Gasteiger partial charge is 0.335 e. The highest BCUT2D eigenvalue weighted by Gasteiger charge is 2.14. The lowest BCUT2D eigenvalue weighted by Gasteiger charge is -2.06. The summed E-state index contributed by atoms with van der Waals surface area (Å²) >= 11 is 1.99. The third-order valence-electron chi connectivity index (χ3n) is 2.47. The fraction of sp³-hybridized carbons (Fsp3) is 0.0769. The molecule has 0 bridgehead atoms. The number of aryl methyl sites for hydroxylation is 1. The van der Waals surface area contributed by atoms with Crippen molar-refractivity contribution in [1.82, 2.24) is 0 Å². The van der Waals surface area contributed by atoms with Gasteiger partial charge < -0.3 is 14.8 Å². The van der Waals surface area contributed by atoms with Crippen LogP contribution in [0.2, 0.25) is 0 Å². The molecule has 1 amide bonds. The minimum Gasteiger partial charge on any atom is -0.478 e. The molecule has 0 unspecified atom stereocenters. The van der Waals surface area contributed by atoms with Crippen molar-refractivity contribution in [3.8, 4) is 0 Å². The van der Waals surface area contributed by atoms with E-state index in [0.29, 0.717) is 5.69 Å². The molecule has 0 aliphatic heterocycles. The number of carbonyl (C=O) groups is 2. The van der Waals surface area contributed by atoms with Gasteiger partial charge in [0.1, 0.15) is 0 Å². The number of nitrogens with one attached hydrogen (secondary N) is 1. The number of amides is 1. The van der Waals surface area contributed by atoms with E-state index in [4.69, 9.17) is 9.52 Å². The first-order valence-electron chi connectivity index (χ1n) is 5.36. The Morgan fingerprint density at radius 2 is 2.05 bits per heavy atom. The van der Waals surface area contributed by atoms with Crippen LogP contribution < -0.4 is 5.32 Å². The Hall–Kier alpha value is -1.83. The highest BCUT2D eigenvalue weighted by molar-refractivity contribution is 14.1. The van der Waals surface area contributed by atoms with Crippen LogP contribution in [-0.4, -0.2) is 17.0 Å². The number of anilines is 1. The third kappa shape index (κ3) is 3.14. The first kappa shape index (κ1) is 13.6. The number of carboxylic acids is 1. The molecule has 0 saturated carbocycles. The number of hydrogen-bond acceptors (Lipinski definition) is 3. The quantitative estimate of drug-likeness (QED) is 0.813. The molecule has 0 saturated heterocycles. The minimum atomic E-state index is -1.04. The van der Waals surface area contributed by atoms with Crippen LogP contribution in [0.25, 0.3) is 0 Å². The summed E-state index contributed by atoms with van der Waals surface area (Å²) in [4.78, 5) is 22.9. The fourth-order valence-corrected chi connectivity index (χ4v) is 2.25. The molecule has 1 aromatic heterocycles. The average molecular weight is 371 g/mol. The maximum absolute atomic E-state index is 11.9. The predicted octanol–water partition coefficient (Wildman–Crippen LogP) is 3.14. The highest BCUT2D eigenvalue weighted by atomic mass is 127. The largest absolute Gasteiger partial charge is 0.478 e. The number of rotatable bonds is 3. The topological polar surface area (TPSA) is 79.5 Å². The summed E-state index contributed by atoms with van der Waals surface area (Å²) in [6.45, 7) is 1.76. The summed E-state index contributed by atoms with van der Waals surface area (Å²) in [5.74, 6) is -1.22. The second-order valence-electron chi connectivity index (χ2n) is 3.92. The molecule has 0 atom stereocenters. The summed E-state index contributed by atoms with van der Waals surface area (Å²) in [6.07, 6.45) is 1.43. The molecule has 2 rings (SSSR count). The van der Waals surface area contributed by atoms with E-state index in [0.717, 1.165) is 9.13 Å². The number of furan rings is 1. The van der Waals surface area contributed by atoms with Gasteiger partial charge in [-0.2, -0.15) is 0 Å². The first-order chi connectivity index (χ1) is 8.97. The lowest BCUT2D eigenvalue weighted by atomic mass is 10.2. The highest BCUT2D eigenvalue weighted by Crippen LogP contribution is 2.18. The maximum Gasteiger partial charge on any atom is 0.335 e. The zero-order chi connectivity index (χ0) is 14.0. The van der Waals surface area contributed by atoms with Crippen molar-refractivity contribution in [2.75, 3.05) is 5.32 Å². The molecule has 6 heteroatoms. The molecule has 0 aliphatic carbocycles. The van der Waals surface area contributed by atoms with Gasteiger partial charge in [0.25, 0.3) is 5.91 Å². The standard InChI is InChI=1S/C13H10INO4/c1-7-2-3-19-11(7)12(16)15-10-5-8(13(17)18)4-9(14)6-10/h2-6H,1H3,(H,15,16)(H,17,18). The predicted molar refractivity (Wildman–Crippen MR) is 77.5 cm³/mol. The van der Waals surface area contributed by atoms with E-state index in [1.807, 2.05) is 22.6 Å². The van der Waals surface area contributed by atoms with Crippen molar-refractivity contribution in [3.63, 3.8) is 0 Å². The average Bonchev–Trinajstić information content (AvgIpc) is 2.74. The second-order valence-corrected chi connectivity index (χ2v) is 5.17. The van der Waals surface area contributed by atoms with Gasteiger partial charge in [0.15, 0.2) is 5.76 Å². The lowest BCUT2D eigenvalue weighted by Crippen LogP contribution is -2.13. The molecular weight excluding hydrogens is 361 g/mol. The molecule has 5 nitrogen and oxygen atoms in total. The van der Waals surface area contributed by atoms with Crippen molar-refractivity contribution in [2.45, 2.75) is 6.92 Å². The van der Waals surface area contributed by atoms with E-state index >= 15 is 0 Å². The lowest BCUT2D eigenvalue weighted by molar-refractivity contribution is 0.0696. The Morgan fingerprint density at radius 3 is 2.63 bits per heavy atom. The van der Waals surface area contributed by atoms with E-state index in [2.05, 4.69) is 5.32 Å². The number of carboxylic acid groups (broad SMARTS) is 1. The van der Waals surface area contributed by atoms with Crippen molar-refractivity contribution >= 4 is 40.2 Å². The van der Waals surface area contributed by atoms with Gasteiger partial charge in [0.2, 0.25) is 0 Å². The van der Waals surface area contributed by atoms with Gasteiger partial charge in [-0.15, -0.1) is 0 Å². The van der Waals surface area contributed by atoms with Crippen LogP contribution in [0.3, 0.4) is 0 Å². The Bertz CT molecular complexity index is 648. The number of hydrogen-bond donors (Lipinski definition) is 2. The molecular formula is C13H10INO4. The van der Waals surface area contributed by atoms with Crippen LogP contribution in [0, 0.1) is 10.5 Å². The molecule has 1 heterocycles. The van der Waals surface area contributed by atoms with E-state index < -0.39 is 11.9 Å². The molecule has 0 fully saturated rings. The molecule has 2 N–H and O–H groups in total. The van der Waals surface area contributed by atoms with Gasteiger partial charge in [-0.05, 0) is 53.8 Å². The number of benzene rings is 1. The maximum atomic E-state index is 11.9. The Morgan fingerprint density at radius 1 is 1.32 bits per heavy atom. The first-order valence-corrected chi connectivity index (χ1v) is 6.44. The minimum absolute atomic E-state index is 0.123. The summed E-state index contributed by atoms with van der Waals surface area (Å²) in [7, 11) is 0. The Kier molecular flexibility index (Phi) is 3.89. The summed E-state index contributed by atoms with van der Waals surface area (Å²) < 4.78 is 5.80. The van der Waals surface area contributed by atoms with Crippen LogP contribution in [0.1, 0.15) is 26.5 Å². The normalized spacial score (nSPS) is 10.2. The van der Waals surface area contributed by atoms with Gasteiger partial charge >= 0.3 is 5.97 Å². The van der Waals surface area contributed by atoms with E-state index in [1.54, 1.807) is 19.1 Å². The van der Waals surface area contributed by atoms with Crippen LogP contribution in [0.15, 0.2) is 34.9 Å². The van der Waals surface area contributed by atoms with E-state index in [1.165, 1.54) is 18.4 Å². The van der Waals surface area contributed by atoms with Crippen LogP contribution in [0.5, 0.6) is 0 Å². The fourth-order valence-electron chi connectivity index (χ4n) is 1.58. The van der Waals surface area contributed by atoms with Gasteiger partial charge in [-0.25, -0.2) is 4.79 Å². The zero-order valence-electron chi connectivity index (χ0n) is 9.94. The molecule has 2 aromatic rings. The number of halogens is 1. The van der Waals surface area contributed by atoms with Crippen molar-refractivity contribution in [2.24, 2.45) is 0 Å². The van der Waals surface area contributed by atoms with Gasteiger partial charge in [0.05, 0.1) is 11.8 Å². The second kappa shape index (κ2) is 5.43. The monoisotopic (exact) mass is 371 g/mol. The molecule has 0 radical (unpaired) electrons. The molecule has 98 valence electrons. The van der Waals surface area contributed by atoms with Gasteiger partial charge in [0, 0.05) is 14.8 Å². The van der Waals surface area contributed by atoms with Crippen LogP contribution in [-0.2, 0) is 0 Å². The van der Waals surface area contributed by atoms with Gasteiger partial charge in [-0.3, -0.25) is 4.79 Å². The van der Waals surface area contributed by atoms with Crippen LogP contribution >= 0.6 is 22.6 Å². The number of carbonyl (C=O) groups excluding carboxylic acids is 1. The van der Waals surface area contributed by atoms with Crippen LogP contribution in [0.4, 0.5) is 5.69 Å². The van der Waals surface area contributed by atoms with Crippen molar-refractivity contribution in [1.29, 1.82) is 0 Å². The third-order valence-corrected chi connectivity index (χ3v) is 3.09. The summed E-state index contributed by atoms with van der Waals surface area (Å²) in [6, 6.07) is 6.30. The Labute approximate surface area is 122 Å². The van der Waals surface area contributed by atoms with E-state index in [-0.39, 0.29) is 11.3 Å². The van der Waals surface area contributed by atoms with Gasteiger partial charge in [-0.1, -0.05) is 0 Å². The summed E-state index contributed by atoms with van der Waals surface area (Å²) in [5.41, 5.74) is 1.27. The van der Waals surface area contributed by atoms with Crippen molar-refractivity contribution in [3.05, 3.63) is 51.0 Å².